The van der Waals surface area contributed by atoms with Gasteiger partial charge in [0.05, 0.1) is 17.7 Å². The molecule has 1 aliphatic heterocycles. The third-order valence-electron chi connectivity index (χ3n) is 5.68. The van der Waals surface area contributed by atoms with E-state index in [-0.39, 0.29) is 0 Å². The van der Waals surface area contributed by atoms with Crippen molar-refractivity contribution in [1.29, 1.82) is 0 Å². The minimum atomic E-state index is -3.59. The molecule has 0 atom stereocenters. The van der Waals surface area contributed by atoms with E-state index in [0.717, 1.165) is 28.4 Å². The largest absolute Gasteiger partial charge is 0.497 e. The number of ether oxygens (including phenoxy) is 1. The maximum absolute atomic E-state index is 13.2. The van der Waals surface area contributed by atoms with Gasteiger partial charge in [-0.2, -0.15) is 4.31 Å². The van der Waals surface area contributed by atoms with Gasteiger partial charge in [0.15, 0.2) is 0 Å². The molecule has 4 rings (SSSR count). The number of hydrogen-bond donors (Lipinski definition) is 0. The molecule has 1 aliphatic rings. The van der Waals surface area contributed by atoms with Crippen LogP contribution in [0.15, 0.2) is 53.7 Å². The standard InChI is InChI=1S/C23H25ClN4O3S/c1-16-13-22(17(2)12-20(16)24)32(29,30)28-10-8-27(9-11-28)23-14-21(25-15-26-23)18-4-6-19(31-3)7-5-18/h4-7,12-15H,8-11H2,1-3H3. The first-order valence-corrected chi connectivity index (χ1v) is 12.1. The normalized spacial score (nSPS) is 15.1. The van der Waals surface area contributed by atoms with Crippen LogP contribution in [0.25, 0.3) is 11.3 Å². The van der Waals surface area contributed by atoms with Crippen molar-refractivity contribution in [2.75, 3.05) is 38.2 Å². The van der Waals surface area contributed by atoms with Crippen LogP contribution in [0.4, 0.5) is 5.82 Å². The lowest BCUT2D eigenvalue weighted by molar-refractivity contribution is 0.383. The van der Waals surface area contributed by atoms with Crippen LogP contribution in [0.3, 0.4) is 0 Å². The summed E-state index contributed by atoms with van der Waals surface area (Å²) < 4.78 is 33.2. The number of aromatic nitrogens is 2. The molecule has 1 fully saturated rings. The topological polar surface area (TPSA) is 75.6 Å². The summed E-state index contributed by atoms with van der Waals surface area (Å²) in [6.07, 6.45) is 1.54. The number of sulfonamides is 1. The Morgan fingerprint density at radius 1 is 0.938 bits per heavy atom. The molecular weight excluding hydrogens is 448 g/mol. The van der Waals surface area contributed by atoms with E-state index in [1.165, 1.54) is 10.6 Å². The van der Waals surface area contributed by atoms with Gasteiger partial charge >= 0.3 is 0 Å². The lowest BCUT2D eigenvalue weighted by Crippen LogP contribution is -2.49. The summed E-state index contributed by atoms with van der Waals surface area (Å²) in [7, 11) is -1.96. The Morgan fingerprint density at radius 2 is 1.62 bits per heavy atom. The number of halogens is 1. The summed E-state index contributed by atoms with van der Waals surface area (Å²) >= 11 is 6.15. The molecule has 0 N–H and O–H groups in total. The molecule has 0 aliphatic carbocycles. The van der Waals surface area contributed by atoms with Crippen molar-refractivity contribution < 1.29 is 13.2 Å². The molecule has 7 nitrogen and oxygen atoms in total. The van der Waals surface area contributed by atoms with Crippen LogP contribution in [0.2, 0.25) is 5.02 Å². The van der Waals surface area contributed by atoms with Gasteiger partial charge in [-0.3, -0.25) is 0 Å². The molecule has 1 saturated heterocycles. The molecule has 32 heavy (non-hydrogen) atoms. The van der Waals surface area contributed by atoms with Crippen LogP contribution < -0.4 is 9.64 Å². The molecule has 3 aromatic rings. The zero-order valence-electron chi connectivity index (χ0n) is 18.2. The lowest BCUT2D eigenvalue weighted by Gasteiger charge is -2.35. The Balaban J connectivity index is 1.50. The Labute approximate surface area is 193 Å². The molecule has 0 bridgehead atoms. The van der Waals surface area contributed by atoms with Crippen LogP contribution in [-0.2, 0) is 10.0 Å². The van der Waals surface area contributed by atoms with Gasteiger partial charge in [0.2, 0.25) is 10.0 Å². The minimum absolute atomic E-state index is 0.316. The van der Waals surface area contributed by atoms with Crippen molar-refractivity contribution in [3.8, 4) is 17.0 Å². The van der Waals surface area contributed by atoms with E-state index in [1.807, 2.05) is 37.3 Å². The number of benzene rings is 2. The first kappa shape index (κ1) is 22.5. The van der Waals surface area contributed by atoms with Crippen LogP contribution in [-0.4, -0.2) is 56.0 Å². The van der Waals surface area contributed by atoms with Gasteiger partial charge in [-0.15, -0.1) is 0 Å². The highest BCUT2D eigenvalue weighted by atomic mass is 35.5. The SMILES string of the molecule is COc1ccc(-c2cc(N3CCN(S(=O)(=O)c4cc(C)c(Cl)cc4C)CC3)ncn2)cc1. The molecule has 0 unspecified atom stereocenters. The second-order valence-electron chi connectivity index (χ2n) is 7.75. The molecule has 1 aromatic heterocycles. The zero-order valence-corrected chi connectivity index (χ0v) is 19.8. The number of anilines is 1. The predicted molar refractivity (Wildman–Crippen MR) is 126 cm³/mol. The number of rotatable bonds is 5. The second-order valence-corrected chi connectivity index (χ2v) is 10.1. The van der Waals surface area contributed by atoms with Crippen molar-refractivity contribution in [2.24, 2.45) is 0 Å². The Morgan fingerprint density at radius 3 is 2.28 bits per heavy atom. The molecule has 0 radical (unpaired) electrons. The smallest absolute Gasteiger partial charge is 0.243 e. The van der Waals surface area contributed by atoms with Gasteiger partial charge in [-0.25, -0.2) is 18.4 Å². The Kier molecular flexibility index (Phi) is 6.37. The molecule has 2 heterocycles. The fourth-order valence-corrected chi connectivity index (χ4v) is 5.70. The van der Waals surface area contributed by atoms with Gasteiger partial charge in [0, 0.05) is 42.8 Å². The van der Waals surface area contributed by atoms with Crippen LogP contribution >= 0.6 is 11.6 Å². The average molecular weight is 473 g/mol. The third-order valence-corrected chi connectivity index (χ3v) is 8.12. The summed E-state index contributed by atoms with van der Waals surface area (Å²) in [4.78, 5) is 11.2. The quantitative estimate of drug-likeness (QED) is 0.560. The van der Waals surface area contributed by atoms with E-state index in [4.69, 9.17) is 16.3 Å². The molecule has 0 saturated carbocycles. The van der Waals surface area contributed by atoms with Gasteiger partial charge in [0.25, 0.3) is 0 Å². The monoisotopic (exact) mass is 472 g/mol. The average Bonchev–Trinajstić information content (AvgIpc) is 2.81. The van der Waals surface area contributed by atoms with Gasteiger partial charge in [-0.05, 0) is 61.4 Å². The van der Waals surface area contributed by atoms with Crippen molar-refractivity contribution in [1.82, 2.24) is 14.3 Å². The molecule has 9 heteroatoms. The third kappa shape index (κ3) is 4.44. The van der Waals surface area contributed by atoms with E-state index < -0.39 is 10.0 Å². The van der Waals surface area contributed by atoms with Crippen molar-refractivity contribution in [3.05, 3.63) is 64.9 Å². The zero-order chi connectivity index (χ0) is 22.9. The fourth-order valence-electron chi connectivity index (χ4n) is 3.77. The molecule has 0 spiro atoms. The van der Waals surface area contributed by atoms with Crippen LogP contribution in [0.1, 0.15) is 11.1 Å². The van der Waals surface area contributed by atoms with E-state index >= 15 is 0 Å². The molecule has 2 aromatic carbocycles. The summed E-state index contributed by atoms with van der Waals surface area (Å²) in [6, 6.07) is 13.0. The summed E-state index contributed by atoms with van der Waals surface area (Å²) in [5.41, 5.74) is 3.17. The van der Waals surface area contributed by atoms with Gasteiger partial charge in [0.1, 0.15) is 17.9 Å². The number of nitrogens with zero attached hydrogens (tertiary/aromatic N) is 4. The molecule has 0 amide bonds. The number of aryl methyl sites for hydroxylation is 2. The highest BCUT2D eigenvalue weighted by Crippen LogP contribution is 2.28. The van der Waals surface area contributed by atoms with Crippen molar-refractivity contribution >= 4 is 27.4 Å². The van der Waals surface area contributed by atoms with Crippen molar-refractivity contribution in [2.45, 2.75) is 18.7 Å². The summed E-state index contributed by atoms with van der Waals surface area (Å²) in [5, 5.41) is 0.572. The molecular formula is C23H25ClN4O3S. The van der Waals surface area contributed by atoms with E-state index in [0.29, 0.717) is 41.7 Å². The number of piperazine rings is 1. The maximum atomic E-state index is 13.2. The van der Waals surface area contributed by atoms with Crippen molar-refractivity contribution in [3.63, 3.8) is 0 Å². The first-order valence-electron chi connectivity index (χ1n) is 10.3. The van der Waals surface area contributed by atoms with Gasteiger partial charge < -0.3 is 9.64 Å². The highest BCUT2D eigenvalue weighted by molar-refractivity contribution is 7.89. The van der Waals surface area contributed by atoms with Crippen LogP contribution in [0, 0.1) is 13.8 Å². The predicted octanol–water partition coefficient (Wildman–Crippen LogP) is 3.93. The number of methoxy groups -OCH3 is 1. The lowest BCUT2D eigenvalue weighted by atomic mass is 10.1. The first-order chi connectivity index (χ1) is 15.3. The Hall–Kier alpha value is -2.68. The maximum Gasteiger partial charge on any atom is 0.243 e. The molecule has 168 valence electrons. The summed E-state index contributed by atoms with van der Waals surface area (Å²) in [5.74, 6) is 1.56. The van der Waals surface area contributed by atoms with E-state index in [9.17, 15) is 8.42 Å². The Bertz CT molecular complexity index is 1220. The second kappa shape index (κ2) is 9.05. The van der Waals surface area contributed by atoms with E-state index in [1.54, 1.807) is 26.2 Å². The van der Waals surface area contributed by atoms with Gasteiger partial charge in [-0.1, -0.05) is 11.6 Å². The fraction of sp³-hybridized carbons (Fsp3) is 0.304. The van der Waals surface area contributed by atoms with Crippen LogP contribution in [0.5, 0.6) is 5.75 Å². The van der Waals surface area contributed by atoms with E-state index in [2.05, 4.69) is 14.9 Å². The number of hydrogen-bond acceptors (Lipinski definition) is 6. The highest BCUT2D eigenvalue weighted by Gasteiger charge is 2.30. The minimum Gasteiger partial charge on any atom is -0.497 e. The summed E-state index contributed by atoms with van der Waals surface area (Å²) in [6.45, 7) is 5.44.